The van der Waals surface area contributed by atoms with Gasteiger partial charge in [-0.1, -0.05) is 24.3 Å². The van der Waals surface area contributed by atoms with Crippen molar-refractivity contribution in [3.8, 4) is 28.4 Å². The highest BCUT2D eigenvalue weighted by Gasteiger charge is 2.19. The number of carbonyl (C=O) groups excluding carboxylic acids is 1. The van der Waals surface area contributed by atoms with Crippen molar-refractivity contribution in [1.82, 2.24) is 10.9 Å². The highest BCUT2D eigenvalue weighted by molar-refractivity contribution is 5.91. The van der Waals surface area contributed by atoms with Crippen molar-refractivity contribution in [3.05, 3.63) is 71.8 Å². The summed E-state index contributed by atoms with van der Waals surface area (Å²) in [5.74, 6) is 8.11. The maximum absolute atomic E-state index is 12.2. The Hall–Kier alpha value is -3.75. The van der Waals surface area contributed by atoms with Crippen LogP contribution >= 0.6 is 0 Å². The first-order valence-corrected chi connectivity index (χ1v) is 10.0. The summed E-state index contributed by atoms with van der Waals surface area (Å²) in [5, 5.41) is 1.01. The van der Waals surface area contributed by atoms with Gasteiger partial charge in [-0.05, 0) is 60.0 Å². The van der Waals surface area contributed by atoms with Crippen LogP contribution in [0, 0.1) is 6.92 Å². The van der Waals surface area contributed by atoms with E-state index in [2.05, 4.69) is 16.9 Å². The number of urea groups is 1. The highest BCUT2D eigenvalue weighted by atomic mass is 16.5. The van der Waals surface area contributed by atoms with Crippen molar-refractivity contribution < 1.29 is 19.0 Å². The second-order valence-electron chi connectivity index (χ2n) is 7.01. The molecule has 0 heterocycles. The molecule has 4 N–H and O–H groups in total. The minimum Gasteiger partial charge on any atom is -0.497 e. The van der Waals surface area contributed by atoms with Crippen LogP contribution in [0.2, 0.25) is 0 Å². The molecule has 0 saturated heterocycles. The Morgan fingerprint density at radius 2 is 1.72 bits per heavy atom. The Morgan fingerprint density at radius 3 is 2.41 bits per heavy atom. The van der Waals surface area contributed by atoms with Crippen molar-refractivity contribution in [2.24, 2.45) is 5.84 Å². The summed E-state index contributed by atoms with van der Waals surface area (Å²) in [6, 6.07) is 18.6. The molecule has 3 aromatic rings. The van der Waals surface area contributed by atoms with E-state index in [1.54, 1.807) is 39.5 Å². The molecule has 2 amide bonds. The third-order valence-electron chi connectivity index (χ3n) is 4.99. The highest BCUT2D eigenvalue weighted by Crippen LogP contribution is 2.32. The number of methoxy groups -OCH3 is 2. The molecular formula is C24H28N4O4. The third-order valence-corrected chi connectivity index (χ3v) is 4.99. The molecular weight excluding hydrogens is 408 g/mol. The molecule has 0 aromatic heterocycles. The zero-order chi connectivity index (χ0) is 23.1. The number of amides is 2. The number of hydrazine groups is 2. The molecule has 0 atom stereocenters. The molecule has 0 saturated carbocycles. The first-order valence-electron chi connectivity index (χ1n) is 10.0. The summed E-state index contributed by atoms with van der Waals surface area (Å²) in [5.41, 5.74) is 9.22. The van der Waals surface area contributed by atoms with Crippen molar-refractivity contribution in [2.45, 2.75) is 13.5 Å². The molecule has 0 unspecified atom stereocenters. The Kier molecular flexibility index (Phi) is 7.54. The number of aryl methyl sites for hydroxylation is 1. The number of nitrogens with two attached hydrogens (primary N) is 1. The van der Waals surface area contributed by atoms with E-state index in [1.165, 1.54) is 0 Å². The van der Waals surface area contributed by atoms with Crippen LogP contribution in [0.5, 0.6) is 17.2 Å². The van der Waals surface area contributed by atoms with E-state index < -0.39 is 6.03 Å². The molecule has 0 aliphatic carbocycles. The van der Waals surface area contributed by atoms with Gasteiger partial charge in [0.1, 0.15) is 23.9 Å². The van der Waals surface area contributed by atoms with Gasteiger partial charge in [0.2, 0.25) is 0 Å². The number of ether oxygens (including phenoxy) is 3. The van der Waals surface area contributed by atoms with E-state index >= 15 is 0 Å². The number of carbonyl (C=O) groups is 1. The van der Waals surface area contributed by atoms with Gasteiger partial charge >= 0.3 is 6.03 Å². The summed E-state index contributed by atoms with van der Waals surface area (Å²) >= 11 is 0. The van der Waals surface area contributed by atoms with E-state index in [9.17, 15) is 4.79 Å². The fourth-order valence-corrected chi connectivity index (χ4v) is 3.34. The standard InChI is InChI=1S/C24H28N4O4/c1-16-13-18(17-7-5-8-19(14-17)30-3)11-12-22(16)32-15-20-21(9-6-10-23(20)31-4)28(25)24(29)27-26-2/h5-14,26H,15,25H2,1-4H3,(H,27,29). The van der Waals surface area contributed by atoms with Crippen LogP contribution < -0.4 is 35.9 Å². The maximum atomic E-state index is 12.2. The fraction of sp³-hybridized carbons (Fsp3) is 0.208. The summed E-state index contributed by atoms with van der Waals surface area (Å²) in [6.07, 6.45) is 0. The van der Waals surface area contributed by atoms with E-state index in [-0.39, 0.29) is 6.61 Å². The second-order valence-corrected chi connectivity index (χ2v) is 7.01. The molecule has 0 aliphatic rings. The average Bonchev–Trinajstić information content (AvgIpc) is 2.82. The number of anilines is 1. The Bertz CT molecular complexity index is 1090. The fourth-order valence-electron chi connectivity index (χ4n) is 3.34. The molecule has 0 radical (unpaired) electrons. The molecule has 8 heteroatoms. The van der Waals surface area contributed by atoms with Gasteiger partial charge in [-0.25, -0.2) is 21.1 Å². The molecule has 32 heavy (non-hydrogen) atoms. The van der Waals surface area contributed by atoms with Crippen LogP contribution in [0.15, 0.2) is 60.7 Å². The van der Waals surface area contributed by atoms with Crippen LogP contribution in [0.4, 0.5) is 10.5 Å². The van der Waals surface area contributed by atoms with Gasteiger partial charge < -0.3 is 14.2 Å². The molecule has 168 valence electrons. The predicted octanol–water partition coefficient (Wildman–Crippen LogP) is 3.78. The van der Waals surface area contributed by atoms with Crippen LogP contribution in [0.1, 0.15) is 11.1 Å². The molecule has 3 rings (SSSR count). The largest absolute Gasteiger partial charge is 0.497 e. The Balaban J connectivity index is 1.84. The van der Waals surface area contributed by atoms with Gasteiger partial charge in [-0.15, -0.1) is 0 Å². The van der Waals surface area contributed by atoms with Crippen LogP contribution in [-0.2, 0) is 6.61 Å². The monoisotopic (exact) mass is 436 g/mol. The molecule has 0 spiro atoms. The summed E-state index contributed by atoms with van der Waals surface area (Å²) in [6.45, 7) is 2.15. The van der Waals surface area contributed by atoms with Crippen LogP contribution in [-0.4, -0.2) is 27.3 Å². The second kappa shape index (κ2) is 10.5. The van der Waals surface area contributed by atoms with E-state index in [1.807, 2.05) is 43.3 Å². The molecule has 0 bridgehead atoms. The molecule has 8 nitrogen and oxygen atoms in total. The molecule has 3 aromatic carbocycles. The van der Waals surface area contributed by atoms with E-state index in [4.69, 9.17) is 20.1 Å². The normalized spacial score (nSPS) is 10.4. The molecule has 0 aliphatic heterocycles. The predicted molar refractivity (Wildman–Crippen MR) is 125 cm³/mol. The smallest absolute Gasteiger partial charge is 0.350 e. The summed E-state index contributed by atoms with van der Waals surface area (Å²) in [7, 11) is 4.79. The van der Waals surface area contributed by atoms with Gasteiger partial charge in [0.15, 0.2) is 0 Å². The number of benzene rings is 3. The van der Waals surface area contributed by atoms with Crippen LogP contribution in [0.25, 0.3) is 11.1 Å². The first-order chi connectivity index (χ1) is 15.5. The van der Waals surface area contributed by atoms with Crippen molar-refractivity contribution >= 4 is 11.7 Å². The van der Waals surface area contributed by atoms with Gasteiger partial charge in [0.05, 0.1) is 25.5 Å². The lowest BCUT2D eigenvalue weighted by atomic mass is 10.0. The van der Waals surface area contributed by atoms with Gasteiger partial charge in [-0.2, -0.15) is 0 Å². The summed E-state index contributed by atoms with van der Waals surface area (Å²) < 4.78 is 16.9. The number of nitrogens with zero attached hydrogens (tertiary/aromatic N) is 1. The number of nitrogens with one attached hydrogen (secondary N) is 2. The number of hydrogen-bond donors (Lipinski definition) is 3. The third kappa shape index (κ3) is 5.11. The lowest BCUT2D eigenvalue weighted by molar-refractivity contribution is 0.243. The van der Waals surface area contributed by atoms with Crippen LogP contribution in [0.3, 0.4) is 0 Å². The Morgan fingerprint density at radius 1 is 0.969 bits per heavy atom. The topological polar surface area (TPSA) is 98.1 Å². The van der Waals surface area contributed by atoms with Gasteiger partial charge in [-0.3, -0.25) is 5.43 Å². The summed E-state index contributed by atoms with van der Waals surface area (Å²) in [4.78, 5) is 12.2. The SMILES string of the molecule is CNNC(=O)N(N)c1cccc(OC)c1COc1ccc(-c2cccc(OC)c2)cc1C. The maximum Gasteiger partial charge on any atom is 0.350 e. The van der Waals surface area contributed by atoms with Crippen molar-refractivity contribution in [2.75, 3.05) is 26.3 Å². The average molecular weight is 437 g/mol. The van der Waals surface area contributed by atoms with E-state index in [0.29, 0.717) is 17.0 Å². The zero-order valence-electron chi connectivity index (χ0n) is 18.6. The Labute approximate surface area is 187 Å². The first kappa shape index (κ1) is 22.9. The lowest BCUT2D eigenvalue weighted by Gasteiger charge is -2.22. The van der Waals surface area contributed by atoms with Crippen molar-refractivity contribution in [1.29, 1.82) is 0 Å². The number of rotatable bonds is 8. The minimum absolute atomic E-state index is 0.166. The number of hydrogen-bond acceptors (Lipinski definition) is 6. The quantitative estimate of drug-likeness (QED) is 0.282. The van der Waals surface area contributed by atoms with Gasteiger partial charge in [0, 0.05) is 7.05 Å². The van der Waals surface area contributed by atoms with Gasteiger partial charge in [0.25, 0.3) is 0 Å². The van der Waals surface area contributed by atoms with Crippen molar-refractivity contribution in [3.63, 3.8) is 0 Å². The van der Waals surface area contributed by atoms with E-state index in [0.717, 1.165) is 33.2 Å². The minimum atomic E-state index is -0.513. The molecule has 0 fully saturated rings. The zero-order valence-corrected chi connectivity index (χ0v) is 18.6. The lowest BCUT2D eigenvalue weighted by Crippen LogP contribution is -2.49.